The second-order valence-corrected chi connectivity index (χ2v) is 6.98. The van der Waals surface area contributed by atoms with Crippen LogP contribution >= 0.6 is 0 Å². The number of rotatable bonds is 8. The fourth-order valence-corrected chi connectivity index (χ4v) is 3.54. The van der Waals surface area contributed by atoms with Gasteiger partial charge in [-0.15, -0.1) is 0 Å². The molecule has 0 spiro atoms. The Kier molecular flexibility index (Phi) is 6.84. The van der Waals surface area contributed by atoms with E-state index < -0.39 is 30.6 Å². The number of amides is 1. The fraction of sp³-hybridized carbons (Fsp3) is 0.429. The number of ether oxygens (including phenoxy) is 1. The molecule has 1 saturated heterocycles. The van der Waals surface area contributed by atoms with Gasteiger partial charge in [-0.1, -0.05) is 18.2 Å². The zero-order valence-electron chi connectivity index (χ0n) is 15.7. The number of hydrogen-bond acceptors (Lipinski definition) is 3. The van der Waals surface area contributed by atoms with Crippen molar-refractivity contribution >= 4 is 5.91 Å². The summed E-state index contributed by atoms with van der Waals surface area (Å²) in [5.41, 5.74) is 1.31. The zero-order valence-corrected chi connectivity index (χ0v) is 15.7. The Bertz CT molecular complexity index is 797. The molecule has 0 unspecified atom stereocenters. The number of halogens is 4. The first-order valence-corrected chi connectivity index (χ1v) is 9.48. The second-order valence-electron chi connectivity index (χ2n) is 6.98. The summed E-state index contributed by atoms with van der Waals surface area (Å²) in [4.78, 5) is 18.3. The lowest BCUT2D eigenvalue weighted by Gasteiger charge is -2.35. The van der Waals surface area contributed by atoms with Gasteiger partial charge in [0.15, 0.2) is 0 Å². The van der Waals surface area contributed by atoms with Crippen LogP contribution in [0, 0.1) is 5.82 Å². The predicted molar refractivity (Wildman–Crippen MR) is 98.3 cm³/mol. The van der Waals surface area contributed by atoms with Crippen LogP contribution in [0.25, 0.3) is 0 Å². The van der Waals surface area contributed by atoms with Gasteiger partial charge in [-0.25, -0.2) is 4.39 Å². The number of benzene rings is 1. The molecule has 0 bridgehead atoms. The number of likely N-dealkylation sites (tertiary alicyclic amines) is 1. The molecule has 8 heteroatoms. The van der Waals surface area contributed by atoms with Gasteiger partial charge in [0, 0.05) is 38.4 Å². The standard InChI is InChI=1S/C21H22F4N2O2/c22-17-8-6-15(7-9-17)20(29-13-3-10-21(23,24)25)19(16-4-1-11-26-14-16)27-12-2-5-18(27)28/h1,4,6-9,11,14,19-20H,2-3,5,10,12-13H2/t19-,20+/m1/s1. The van der Waals surface area contributed by atoms with Crippen LogP contribution in [0.5, 0.6) is 0 Å². The molecule has 0 aliphatic carbocycles. The number of carbonyl (C=O) groups excluding carboxylic acids is 1. The highest BCUT2D eigenvalue weighted by atomic mass is 19.4. The monoisotopic (exact) mass is 410 g/mol. The molecule has 1 aromatic heterocycles. The van der Waals surface area contributed by atoms with Gasteiger partial charge in [0.2, 0.25) is 5.91 Å². The molecule has 29 heavy (non-hydrogen) atoms. The van der Waals surface area contributed by atoms with Crippen LogP contribution in [0.3, 0.4) is 0 Å². The van der Waals surface area contributed by atoms with Crippen molar-refractivity contribution < 1.29 is 27.1 Å². The summed E-state index contributed by atoms with van der Waals surface area (Å²) in [6.45, 7) is 0.377. The Morgan fingerprint density at radius 1 is 1.14 bits per heavy atom. The predicted octanol–water partition coefficient (Wildman–Crippen LogP) is 4.98. The Hall–Kier alpha value is -2.48. The summed E-state index contributed by atoms with van der Waals surface area (Å²) in [6, 6.07) is 8.59. The molecule has 156 valence electrons. The van der Waals surface area contributed by atoms with E-state index >= 15 is 0 Å². The Balaban J connectivity index is 1.91. The molecule has 1 aliphatic heterocycles. The van der Waals surface area contributed by atoms with E-state index in [0.29, 0.717) is 30.5 Å². The lowest BCUT2D eigenvalue weighted by atomic mass is 9.95. The minimum absolute atomic E-state index is 0.0511. The van der Waals surface area contributed by atoms with Crippen LogP contribution in [-0.4, -0.2) is 35.1 Å². The zero-order chi connectivity index (χ0) is 20.9. The minimum atomic E-state index is -4.26. The summed E-state index contributed by atoms with van der Waals surface area (Å²) in [5, 5.41) is 0. The number of hydrogen-bond donors (Lipinski definition) is 0. The molecule has 2 aromatic rings. The maximum atomic E-state index is 13.4. The van der Waals surface area contributed by atoms with E-state index in [1.165, 1.54) is 24.3 Å². The quantitative estimate of drug-likeness (QED) is 0.455. The summed E-state index contributed by atoms with van der Waals surface area (Å²) in [7, 11) is 0. The molecule has 1 aliphatic rings. The van der Waals surface area contributed by atoms with Gasteiger partial charge in [-0.2, -0.15) is 13.2 Å². The Labute approximate surface area is 166 Å². The lowest BCUT2D eigenvalue weighted by molar-refractivity contribution is -0.141. The van der Waals surface area contributed by atoms with Crippen molar-refractivity contribution in [3.63, 3.8) is 0 Å². The van der Waals surface area contributed by atoms with Crippen molar-refractivity contribution in [2.75, 3.05) is 13.2 Å². The maximum Gasteiger partial charge on any atom is 0.389 e. The first-order valence-electron chi connectivity index (χ1n) is 9.48. The SMILES string of the molecule is O=C1CCCN1[C@H](c1cccnc1)[C@@H](OCCCC(F)(F)F)c1ccc(F)cc1. The molecule has 2 atom stereocenters. The Morgan fingerprint density at radius 3 is 2.48 bits per heavy atom. The maximum absolute atomic E-state index is 13.4. The van der Waals surface area contributed by atoms with E-state index in [4.69, 9.17) is 4.74 Å². The number of nitrogens with zero attached hydrogens (tertiary/aromatic N) is 2. The van der Waals surface area contributed by atoms with Crippen molar-refractivity contribution in [3.8, 4) is 0 Å². The molecule has 1 fully saturated rings. The molecule has 2 heterocycles. The largest absolute Gasteiger partial charge is 0.389 e. The molecule has 0 saturated carbocycles. The third kappa shape index (κ3) is 5.76. The van der Waals surface area contributed by atoms with Gasteiger partial charge in [-0.05, 0) is 42.2 Å². The van der Waals surface area contributed by atoms with E-state index in [2.05, 4.69) is 4.98 Å². The van der Waals surface area contributed by atoms with Gasteiger partial charge in [-0.3, -0.25) is 9.78 Å². The topological polar surface area (TPSA) is 42.4 Å². The summed E-state index contributed by atoms with van der Waals surface area (Å²) in [6.07, 6.45) is -1.84. The number of alkyl halides is 3. The van der Waals surface area contributed by atoms with E-state index in [-0.39, 0.29) is 18.9 Å². The average molecular weight is 410 g/mol. The summed E-state index contributed by atoms with van der Waals surface area (Å²) < 4.78 is 56.9. The fourth-order valence-electron chi connectivity index (χ4n) is 3.54. The van der Waals surface area contributed by atoms with Crippen LogP contribution in [0.15, 0.2) is 48.8 Å². The highest BCUT2D eigenvalue weighted by Crippen LogP contribution is 2.39. The Morgan fingerprint density at radius 2 is 1.90 bits per heavy atom. The summed E-state index contributed by atoms with van der Waals surface area (Å²) in [5.74, 6) is -0.482. The van der Waals surface area contributed by atoms with Gasteiger partial charge in [0.1, 0.15) is 11.9 Å². The molecule has 0 radical (unpaired) electrons. The third-order valence-electron chi connectivity index (χ3n) is 4.86. The van der Waals surface area contributed by atoms with Crippen molar-refractivity contribution in [2.45, 2.75) is 44.0 Å². The average Bonchev–Trinajstić information content (AvgIpc) is 3.10. The van der Waals surface area contributed by atoms with Gasteiger partial charge in [0.05, 0.1) is 6.04 Å². The molecular weight excluding hydrogens is 388 g/mol. The van der Waals surface area contributed by atoms with Crippen molar-refractivity contribution in [1.82, 2.24) is 9.88 Å². The number of aromatic nitrogens is 1. The highest BCUT2D eigenvalue weighted by molar-refractivity contribution is 5.78. The van der Waals surface area contributed by atoms with Crippen molar-refractivity contribution in [1.29, 1.82) is 0 Å². The van der Waals surface area contributed by atoms with Crippen molar-refractivity contribution in [3.05, 3.63) is 65.7 Å². The van der Waals surface area contributed by atoms with E-state index in [9.17, 15) is 22.4 Å². The molecule has 4 nitrogen and oxygen atoms in total. The molecule has 1 amide bonds. The second kappa shape index (κ2) is 9.35. The molecule has 3 rings (SSSR count). The van der Waals surface area contributed by atoms with Crippen LogP contribution in [-0.2, 0) is 9.53 Å². The third-order valence-corrected chi connectivity index (χ3v) is 4.86. The van der Waals surface area contributed by atoms with E-state index in [1.54, 1.807) is 29.4 Å². The van der Waals surface area contributed by atoms with Crippen LogP contribution in [0.4, 0.5) is 17.6 Å². The van der Waals surface area contributed by atoms with Gasteiger partial charge in [0.25, 0.3) is 0 Å². The first-order chi connectivity index (χ1) is 13.8. The summed E-state index contributed by atoms with van der Waals surface area (Å²) >= 11 is 0. The van der Waals surface area contributed by atoms with Crippen LogP contribution < -0.4 is 0 Å². The first kappa shape index (κ1) is 21.2. The van der Waals surface area contributed by atoms with Gasteiger partial charge >= 0.3 is 6.18 Å². The number of carbonyl (C=O) groups is 1. The van der Waals surface area contributed by atoms with Crippen LogP contribution in [0.1, 0.15) is 49.0 Å². The lowest BCUT2D eigenvalue weighted by Crippen LogP contribution is -2.35. The molecule has 1 aromatic carbocycles. The minimum Gasteiger partial charge on any atom is -0.371 e. The van der Waals surface area contributed by atoms with Crippen molar-refractivity contribution in [2.24, 2.45) is 0 Å². The normalized spacial score (nSPS) is 16.8. The number of pyridine rings is 1. The smallest absolute Gasteiger partial charge is 0.371 e. The highest BCUT2D eigenvalue weighted by Gasteiger charge is 2.36. The van der Waals surface area contributed by atoms with E-state index in [1.807, 2.05) is 0 Å². The molecule has 0 N–H and O–H groups in total. The molecular formula is C21H22F4N2O2. The van der Waals surface area contributed by atoms with Crippen LogP contribution in [0.2, 0.25) is 0 Å². The van der Waals surface area contributed by atoms with Gasteiger partial charge < -0.3 is 9.64 Å². The van der Waals surface area contributed by atoms with E-state index in [0.717, 1.165) is 0 Å².